The molecule has 0 aromatic carbocycles. The number of rotatable bonds is 2. The van der Waals surface area contributed by atoms with Crippen molar-refractivity contribution >= 4 is 103 Å². The molecule has 0 amide bonds. The van der Waals surface area contributed by atoms with Gasteiger partial charge in [0.25, 0.3) is 0 Å². The molecule has 0 rings (SSSR count). The van der Waals surface area contributed by atoms with Gasteiger partial charge in [-0.15, -0.1) is 0 Å². The minimum absolute atomic E-state index is 0. The Morgan fingerprint density at radius 2 is 1.88 bits per heavy atom. The van der Waals surface area contributed by atoms with Crippen LogP contribution in [0.3, 0.4) is 0 Å². The second-order valence-corrected chi connectivity index (χ2v) is 1.23. The summed E-state index contributed by atoms with van der Waals surface area (Å²) in [5, 5.41) is 11.2. The van der Waals surface area contributed by atoms with Crippen molar-refractivity contribution in [3.63, 3.8) is 0 Å². The molecule has 0 radical (unpaired) electrons. The molecular weight excluding hydrogens is 156 g/mol. The molecule has 0 bridgehead atoms. The van der Waals surface area contributed by atoms with Gasteiger partial charge in [-0.3, -0.25) is 5.32 Å². The Hall–Kier alpha value is 3.19. The average molecular weight is 169 g/mol. The summed E-state index contributed by atoms with van der Waals surface area (Å²) in [5.41, 5.74) is 0. The maximum absolute atomic E-state index is 8.44. The Bertz CT molecular complexity index is 35.2. The van der Waals surface area contributed by atoms with Crippen LogP contribution in [0.1, 0.15) is 13.8 Å². The molecular formula is C4H13K2NO. The minimum atomic E-state index is -0.352. The molecule has 2 nitrogen and oxygen atoms in total. The van der Waals surface area contributed by atoms with Crippen molar-refractivity contribution in [2.75, 3.05) is 6.54 Å². The Labute approximate surface area is 136 Å². The zero-order valence-electron chi connectivity index (χ0n) is 4.23. The van der Waals surface area contributed by atoms with Crippen molar-refractivity contribution in [2.45, 2.75) is 20.1 Å². The van der Waals surface area contributed by atoms with Crippen molar-refractivity contribution in [2.24, 2.45) is 0 Å². The van der Waals surface area contributed by atoms with Gasteiger partial charge in [0.15, 0.2) is 0 Å². The summed E-state index contributed by atoms with van der Waals surface area (Å²) in [4.78, 5) is 0. The Balaban J connectivity index is -0.000000125. The van der Waals surface area contributed by atoms with E-state index in [-0.39, 0.29) is 109 Å². The van der Waals surface area contributed by atoms with E-state index in [2.05, 4.69) is 5.32 Å². The van der Waals surface area contributed by atoms with Gasteiger partial charge < -0.3 is 5.11 Å². The summed E-state index contributed by atoms with van der Waals surface area (Å²) >= 11 is 0. The molecule has 0 aromatic heterocycles. The van der Waals surface area contributed by atoms with Crippen molar-refractivity contribution < 1.29 is 5.11 Å². The zero-order valence-corrected chi connectivity index (χ0v) is 4.23. The quantitative estimate of drug-likeness (QED) is 0.395. The predicted molar refractivity (Wildman–Crippen MR) is 39.7 cm³/mol. The summed E-state index contributed by atoms with van der Waals surface area (Å²) in [6.07, 6.45) is -0.352. The molecule has 4 heteroatoms. The molecule has 0 aliphatic carbocycles. The molecule has 0 saturated heterocycles. The molecule has 0 aliphatic heterocycles. The number of aliphatic hydroxyl groups is 1. The van der Waals surface area contributed by atoms with E-state index in [4.69, 9.17) is 5.11 Å². The molecule has 0 aromatic rings. The van der Waals surface area contributed by atoms with E-state index in [0.29, 0.717) is 0 Å². The topological polar surface area (TPSA) is 32.3 Å². The van der Waals surface area contributed by atoms with Crippen molar-refractivity contribution in [3.05, 3.63) is 0 Å². The zero-order chi connectivity index (χ0) is 4.99. The van der Waals surface area contributed by atoms with Crippen molar-refractivity contribution in [3.8, 4) is 0 Å². The number of aliphatic hydroxyl groups excluding tert-OH is 1. The van der Waals surface area contributed by atoms with Crippen LogP contribution in [0, 0.1) is 0 Å². The monoisotopic (exact) mass is 169 g/mol. The first-order valence-corrected chi connectivity index (χ1v) is 2.18. The first kappa shape index (κ1) is 17.3. The summed E-state index contributed by atoms with van der Waals surface area (Å²) < 4.78 is 0. The summed E-state index contributed by atoms with van der Waals surface area (Å²) in [5.74, 6) is 0. The Morgan fingerprint density at radius 3 is 1.88 bits per heavy atom. The number of nitrogens with one attached hydrogen (secondary N) is 1. The van der Waals surface area contributed by atoms with E-state index in [1.54, 1.807) is 6.92 Å². The third-order valence-electron chi connectivity index (χ3n) is 0.500. The van der Waals surface area contributed by atoms with Crippen molar-refractivity contribution in [1.29, 1.82) is 0 Å². The first-order valence-electron chi connectivity index (χ1n) is 2.18. The van der Waals surface area contributed by atoms with E-state index >= 15 is 0 Å². The fourth-order valence-corrected chi connectivity index (χ4v) is 0.295. The molecule has 0 aliphatic rings. The molecule has 0 saturated carbocycles. The summed E-state index contributed by atoms with van der Waals surface area (Å²) in [6.45, 7) is 4.48. The van der Waals surface area contributed by atoms with Gasteiger partial charge in [0.1, 0.15) is 6.23 Å². The Kier molecular flexibility index (Phi) is 27.8. The molecule has 42 valence electrons. The molecule has 1 atom stereocenters. The van der Waals surface area contributed by atoms with Gasteiger partial charge in [0.2, 0.25) is 0 Å². The van der Waals surface area contributed by atoms with Gasteiger partial charge in [-0.1, -0.05) is 6.92 Å². The Morgan fingerprint density at radius 1 is 1.50 bits per heavy atom. The average Bonchev–Trinajstić information content (AvgIpc) is 1.35. The molecule has 0 fully saturated rings. The maximum atomic E-state index is 8.44. The number of hydrogen-bond donors (Lipinski definition) is 2. The fourth-order valence-electron chi connectivity index (χ4n) is 0.295. The van der Waals surface area contributed by atoms with E-state index in [1.165, 1.54) is 0 Å². The van der Waals surface area contributed by atoms with Crippen LogP contribution in [0.15, 0.2) is 0 Å². The molecule has 0 spiro atoms. The molecule has 1 unspecified atom stereocenters. The molecule has 2 N–H and O–H groups in total. The van der Waals surface area contributed by atoms with Gasteiger partial charge in [-0.05, 0) is 13.5 Å². The standard InChI is InChI=1S/C4H11NO.2K.2H/c1-3-5-4(2)6;;;;/h4-6H,3H2,1-2H3;;;;. The van der Waals surface area contributed by atoms with Crippen LogP contribution in [-0.2, 0) is 0 Å². The van der Waals surface area contributed by atoms with Gasteiger partial charge in [0.05, 0.1) is 0 Å². The fraction of sp³-hybridized carbons (Fsp3) is 1.00. The third kappa shape index (κ3) is 16.1. The predicted octanol–water partition coefficient (Wildman–Crippen LogP) is -1.36. The van der Waals surface area contributed by atoms with E-state index in [0.717, 1.165) is 6.54 Å². The third-order valence-corrected chi connectivity index (χ3v) is 0.500. The van der Waals surface area contributed by atoms with E-state index < -0.39 is 0 Å². The van der Waals surface area contributed by atoms with Crippen LogP contribution in [0.5, 0.6) is 0 Å². The molecule has 8 heavy (non-hydrogen) atoms. The van der Waals surface area contributed by atoms with Crippen LogP contribution in [-0.4, -0.2) is 121 Å². The van der Waals surface area contributed by atoms with E-state index in [9.17, 15) is 0 Å². The van der Waals surface area contributed by atoms with Crippen molar-refractivity contribution in [1.82, 2.24) is 5.32 Å². The van der Waals surface area contributed by atoms with Gasteiger partial charge in [-0.25, -0.2) is 0 Å². The SMILES string of the molecule is CCNC(C)O.[KH].[KH]. The second-order valence-electron chi connectivity index (χ2n) is 1.23. The second kappa shape index (κ2) is 12.8. The number of hydrogen-bond acceptors (Lipinski definition) is 2. The first-order chi connectivity index (χ1) is 2.77. The van der Waals surface area contributed by atoms with Gasteiger partial charge in [0, 0.05) is 0 Å². The van der Waals surface area contributed by atoms with E-state index in [1.807, 2.05) is 6.92 Å². The van der Waals surface area contributed by atoms with Gasteiger partial charge in [-0.2, -0.15) is 0 Å². The van der Waals surface area contributed by atoms with Crippen LogP contribution in [0.25, 0.3) is 0 Å². The van der Waals surface area contributed by atoms with Crippen LogP contribution in [0.2, 0.25) is 0 Å². The van der Waals surface area contributed by atoms with Gasteiger partial charge >= 0.3 is 103 Å². The summed E-state index contributed by atoms with van der Waals surface area (Å²) in [7, 11) is 0. The summed E-state index contributed by atoms with van der Waals surface area (Å²) in [6, 6.07) is 0. The van der Waals surface area contributed by atoms with Crippen LogP contribution in [0.4, 0.5) is 0 Å². The molecule has 0 heterocycles. The van der Waals surface area contributed by atoms with Crippen LogP contribution >= 0.6 is 0 Å². The van der Waals surface area contributed by atoms with Crippen LogP contribution < -0.4 is 5.32 Å². The normalized spacial score (nSPS) is 10.9.